The molecular weight excluding hydrogens is 256 g/mol. The summed E-state index contributed by atoms with van der Waals surface area (Å²) in [4.78, 5) is 35.6. The number of rotatable bonds is 7. The molecule has 1 aromatic carbocycles. The van der Waals surface area contributed by atoms with Crippen LogP contribution in [0.3, 0.4) is 0 Å². The lowest BCUT2D eigenvalue weighted by atomic mass is 9.85. The number of esters is 1. The van der Waals surface area contributed by atoms with Gasteiger partial charge in [-0.05, 0) is 13.8 Å². The molecule has 1 rings (SSSR count). The normalized spacial score (nSPS) is 13.3. The van der Waals surface area contributed by atoms with Gasteiger partial charge in [0.2, 0.25) is 0 Å². The molecule has 0 N–H and O–H groups in total. The first-order chi connectivity index (χ1) is 9.47. The second kappa shape index (κ2) is 7.58. The lowest BCUT2D eigenvalue weighted by Crippen LogP contribution is -2.30. The zero-order chi connectivity index (χ0) is 15.1. The van der Waals surface area contributed by atoms with E-state index in [1.807, 2.05) is 6.07 Å². The van der Waals surface area contributed by atoms with Crippen molar-refractivity contribution in [3.05, 3.63) is 35.9 Å². The van der Waals surface area contributed by atoms with Crippen LogP contribution in [0.1, 0.15) is 37.6 Å². The zero-order valence-electron chi connectivity index (χ0n) is 12.1. The maximum Gasteiger partial charge on any atom is 0.310 e. The van der Waals surface area contributed by atoms with Crippen LogP contribution >= 0.6 is 0 Å². The molecule has 0 aliphatic heterocycles. The molecule has 108 valence electrons. The minimum atomic E-state index is -0.722. The van der Waals surface area contributed by atoms with E-state index in [9.17, 15) is 14.4 Å². The van der Waals surface area contributed by atoms with Gasteiger partial charge in [0, 0.05) is 17.9 Å². The predicted octanol–water partition coefficient (Wildman–Crippen LogP) is 2.66. The number of carbonyl (C=O) groups excluding carboxylic acids is 3. The number of carbonyl (C=O) groups is 3. The summed E-state index contributed by atoms with van der Waals surface area (Å²) in [6, 6.07) is 8.74. The molecule has 4 nitrogen and oxygen atoms in total. The third-order valence-corrected chi connectivity index (χ3v) is 3.34. The average molecular weight is 276 g/mol. The zero-order valence-corrected chi connectivity index (χ0v) is 12.1. The molecule has 0 bridgehead atoms. The van der Waals surface area contributed by atoms with Crippen LogP contribution in [0.5, 0.6) is 0 Å². The number of hydrogen-bond acceptors (Lipinski definition) is 4. The van der Waals surface area contributed by atoms with Gasteiger partial charge in [-0.1, -0.05) is 37.3 Å². The monoisotopic (exact) mass is 276 g/mol. The lowest BCUT2D eigenvalue weighted by molar-refractivity contribution is -0.151. The van der Waals surface area contributed by atoms with Gasteiger partial charge in [0.1, 0.15) is 5.78 Å². The molecule has 0 aliphatic carbocycles. The number of hydrogen-bond donors (Lipinski definition) is 0. The molecule has 0 aromatic heterocycles. The molecular formula is C16H20O4. The van der Waals surface area contributed by atoms with Gasteiger partial charge in [-0.3, -0.25) is 14.4 Å². The molecule has 0 fully saturated rings. The topological polar surface area (TPSA) is 60.4 Å². The first-order valence-corrected chi connectivity index (χ1v) is 6.72. The van der Waals surface area contributed by atoms with E-state index in [1.54, 1.807) is 38.1 Å². The van der Waals surface area contributed by atoms with Crippen molar-refractivity contribution in [2.75, 3.05) is 6.61 Å². The molecule has 0 amide bonds. The summed E-state index contributed by atoms with van der Waals surface area (Å²) < 4.78 is 4.97. The molecule has 0 saturated carbocycles. The number of Topliss-reactive ketones (excluding diaryl/α,β-unsaturated/α-hetero) is 2. The van der Waals surface area contributed by atoms with Crippen LogP contribution in [-0.4, -0.2) is 24.1 Å². The molecule has 0 saturated heterocycles. The van der Waals surface area contributed by atoms with Gasteiger partial charge >= 0.3 is 5.97 Å². The summed E-state index contributed by atoms with van der Waals surface area (Å²) >= 11 is 0. The summed E-state index contributed by atoms with van der Waals surface area (Å²) in [7, 11) is 0. The van der Waals surface area contributed by atoms with E-state index in [0.29, 0.717) is 5.56 Å². The molecule has 0 radical (unpaired) electrons. The van der Waals surface area contributed by atoms with Crippen molar-refractivity contribution in [3.63, 3.8) is 0 Å². The number of ether oxygens (including phenoxy) is 1. The first-order valence-electron chi connectivity index (χ1n) is 6.72. The maximum absolute atomic E-state index is 12.2. The third-order valence-electron chi connectivity index (χ3n) is 3.34. The highest BCUT2D eigenvalue weighted by Gasteiger charge is 2.31. The van der Waals surface area contributed by atoms with Gasteiger partial charge in [0.25, 0.3) is 0 Å². The van der Waals surface area contributed by atoms with E-state index < -0.39 is 17.8 Å². The first kappa shape index (κ1) is 16.1. The highest BCUT2D eigenvalue weighted by molar-refractivity contribution is 5.99. The van der Waals surface area contributed by atoms with Crippen LogP contribution in [0, 0.1) is 11.8 Å². The summed E-state index contributed by atoms with van der Waals surface area (Å²) in [6.07, 6.45) is -0.0103. The Morgan fingerprint density at radius 1 is 1.15 bits per heavy atom. The van der Waals surface area contributed by atoms with E-state index in [1.165, 1.54) is 6.92 Å². The molecule has 4 heteroatoms. The minimum Gasteiger partial charge on any atom is -0.466 e. The van der Waals surface area contributed by atoms with E-state index >= 15 is 0 Å². The van der Waals surface area contributed by atoms with Crippen molar-refractivity contribution in [3.8, 4) is 0 Å². The number of ketones is 2. The van der Waals surface area contributed by atoms with Crippen molar-refractivity contribution in [2.24, 2.45) is 11.8 Å². The summed E-state index contributed by atoms with van der Waals surface area (Å²) in [6.45, 7) is 5.01. The van der Waals surface area contributed by atoms with Gasteiger partial charge in [0.05, 0.1) is 12.5 Å². The van der Waals surface area contributed by atoms with Crippen LogP contribution in [0.25, 0.3) is 0 Å². The van der Waals surface area contributed by atoms with E-state index in [0.717, 1.165) is 0 Å². The van der Waals surface area contributed by atoms with Crippen LogP contribution in [0.4, 0.5) is 0 Å². The third kappa shape index (κ3) is 4.30. The Bertz CT molecular complexity index is 479. The summed E-state index contributed by atoms with van der Waals surface area (Å²) in [5.74, 6) is -2.01. The molecule has 2 atom stereocenters. The van der Waals surface area contributed by atoms with Crippen LogP contribution in [0.15, 0.2) is 30.3 Å². The van der Waals surface area contributed by atoms with Gasteiger partial charge in [-0.25, -0.2) is 0 Å². The van der Waals surface area contributed by atoms with Crippen molar-refractivity contribution in [2.45, 2.75) is 27.2 Å². The average Bonchev–Trinajstić information content (AvgIpc) is 2.44. The molecule has 1 unspecified atom stereocenters. The van der Waals surface area contributed by atoms with Gasteiger partial charge < -0.3 is 4.74 Å². The molecule has 20 heavy (non-hydrogen) atoms. The predicted molar refractivity (Wildman–Crippen MR) is 75.4 cm³/mol. The lowest BCUT2D eigenvalue weighted by Gasteiger charge is -2.19. The van der Waals surface area contributed by atoms with E-state index in [-0.39, 0.29) is 24.6 Å². The highest BCUT2D eigenvalue weighted by Crippen LogP contribution is 2.21. The Morgan fingerprint density at radius 3 is 2.25 bits per heavy atom. The van der Waals surface area contributed by atoms with E-state index in [2.05, 4.69) is 0 Å². The number of benzene rings is 1. The Kier molecular flexibility index (Phi) is 6.10. The molecule has 1 aromatic rings. The SMILES string of the molecule is CCOC(=O)[C@H](CC(=O)c1ccccc1)C(C)C(C)=O. The van der Waals surface area contributed by atoms with Gasteiger partial charge in [0.15, 0.2) is 5.78 Å². The second-order valence-corrected chi connectivity index (χ2v) is 4.75. The maximum atomic E-state index is 12.2. The van der Waals surface area contributed by atoms with Crippen molar-refractivity contribution < 1.29 is 19.1 Å². The van der Waals surface area contributed by atoms with E-state index in [4.69, 9.17) is 4.74 Å². The smallest absolute Gasteiger partial charge is 0.310 e. The molecule has 0 heterocycles. The fraction of sp³-hybridized carbons (Fsp3) is 0.438. The molecule has 0 aliphatic rings. The highest BCUT2D eigenvalue weighted by atomic mass is 16.5. The molecule has 0 spiro atoms. The van der Waals surface area contributed by atoms with Gasteiger partial charge in [-0.15, -0.1) is 0 Å². The Hall–Kier alpha value is -1.97. The van der Waals surface area contributed by atoms with Crippen LogP contribution in [-0.2, 0) is 14.3 Å². The van der Waals surface area contributed by atoms with Gasteiger partial charge in [-0.2, -0.15) is 0 Å². The summed E-state index contributed by atoms with van der Waals surface area (Å²) in [5, 5.41) is 0. The Balaban J connectivity index is 2.87. The fourth-order valence-corrected chi connectivity index (χ4v) is 1.94. The standard InChI is InChI=1S/C16H20O4/c1-4-20-16(19)14(11(2)12(3)17)10-15(18)13-8-6-5-7-9-13/h5-9,11,14H,4,10H2,1-3H3/t11?,14-/m1/s1. The van der Waals surface area contributed by atoms with Crippen molar-refractivity contribution >= 4 is 17.5 Å². The minimum absolute atomic E-state index is 0.0103. The largest absolute Gasteiger partial charge is 0.466 e. The van der Waals surface area contributed by atoms with Crippen molar-refractivity contribution in [1.29, 1.82) is 0 Å². The van der Waals surface area contributed by atoms with Crippen molar-refractivity contribution in [1.82, 2.24) is 0 Å². The Morgan fingerprint density at radius 2 is 1.75 bits per heavy atom. The van der Waals surface area contributed by atoms with Crippen LogP contribution in [0.2, 0.25) is 0 Å². The summed E-state index contributed by atoms with van der Waals surface area (Å²) in [5.41, 5.74) is 0.539. The second-order valence-electron chi connectivity index (χ2n) is 4.75. The van der Waals surface area contributed by atoms with Crippen LogP contribution < -0.4 is 0 Å². The fourth-order valence-electron chi connectivity index (χ4n) is 1.94. The quantitative estimate of drug-likeness (QED) is 0.567. The Labute approximate surface area is 119 Å².